The zero-order chi connectivity index (χ0) is 13.8. The summed E-state index contributed by atoms with van der Waals surface area (Å²) in [6, 6.07) is 8.11. The van der Waals surface area contributed by atoms with E-state index in [2.05, 4.69) is 24.7 Å². The van der Waals surface area contributed by atoms with Crippen LogP contribution in [0.5, 0.6) is 0 Å². The summed E-state index contributed by atoms with van der Waals surface area (Å²) in [7, 11) is 0. The van der Waals surface area contributed by atoms with Crippen LogP contribution in [0.1, 0.15) is 25.8 Å². The van der Waals surface area contributed by atoms with Gasteiger partial charge in [-0.25, -0.2) is 0 Å². The van der Waals surface area contributed by atoms with Crippen molar-refractivity contribution in [3.05, 3.63) is 41.2 Å². The normalized spacial score (nSPS) is 15.6. The van der Waals surface area contributed by atoms with E-state index in [0.29, 0.717) is 5.70 Å². The molecule has 0 radical (unpaired) electrons. The Bertz CT molecular complexity index is 481. The molecule has 0 fully saturated rings. The predicted octanol–water partition coefficient (Wildman–Crippen LogP) is 2.20. The van der Waals surface area contributed by atoms with Crippen LogP contribution >= 0.6 is 0 Å². The van der Waals surface area contributed by atoms with Crippen LogP contribution in [0.3, 0.4) is 0 Å². The second-order valence-corrected chi connectivity index (χ2v) is 4.64. The van der Waals surface area contributed by atoms with E-state index in [4.69, 9.17) is 0 Å². The summed E-state index contributed by atoms with van der Waals surface area (Å²) in [5.41, 5.74) is 10.00. The van der Waals surface area contributed by atoms with E-state index >= 15 is 0 Å². The number of carbonyl (C=O) groups excluding carboxylic acids is 1. The van der Waals surface area contributed by atoms with Crippen molar-refractivity contribution >= 4 is 12.0 Å². The van der Waals surface area contributed by atoms with Gasteiger partial charge >= 0.3 is 0 Å². The Morgan fingerprint density at radius 1 is 1.26 bits per heavy atom. The highest BCUT2D eigenvalue weighted by Gasteiger charge is 2.26. The molecule has 0 atom stereocenters. The molecule has 0 aromatic heterocycles. The first-order chi connectivity index (χ1) is 9.15. The van der Waals surface area contributed by atoms with E-state index in [1.165, 1.54) is 5.56 Å². The van der Waals surface area contributed by atoms with Crippen molar-refractivity contribution in [2.24, 2.45) is 0 Å². The summed E-state index contributed by atoms with van der Waals surface area (Å²) in [4.78, 5) is 11.0. The van der Waals surface area contributed by atoms with Crippen LogP contribution in [0.2, 0.25) is 0 Å². The number of rotatable bonds is 5. The van der Waals surface area contributed by atoms with E-state index in [-0.39, 0.29) is 0 Å². The smallest absolute Gasteiger partial charge is 0.169 e. The Kier molecular flexibility index (Phi) is 4.06. The molecule has 1 aliphatic heterocycles. The lowest BCUT2D eigenvalue weighted by Crippen LogP contribution is -2.47. The van der Waals surface area contributed by atoms with Crippen LogP contribution in [0, 0.1) is 6.92 Å². The Morgan fingerprint density at radius 2 is 1.95 bits per heavy atom. The van der Waals surface area contributed by atoms with Crippen LogP contribution in [0.15, 0.2) is 35.7 Å². The van der Waals surface area contributed by atoms with Gasteiger partial charge in [-0.1, -0.05) is 24.6 Å². The van der Waals surface area contributed by atoms with Crippen molar-refractivity contribution in [3.63, 3.8) is 0 Å². The molecule has 1 heterocycles. The van der Waals surface area contributed by atoms with E-state index in [1.807, 2.05) is 36.2 Å². The minimum atomic E-state index is 0.591. The Hall–Kier alpha value is -2.01. The Labute approximate surface area is 113 Å². The van der Waals surface area contributed by atoms with Crippen molar-refractivity contribution in [3.8, 4) is 0 Å². The number of benzene rings is 1. The van der Waals surface area contributed by atoms with Crippen LogP contribution in [-0.2, 0) is 4.79 Å². The molecule has 0 unspecified atom stereocenters. The highest BCUT2D eigenvalue weighted by atomic mass is 16.1. The average Bonchev–Trinajstić information content (AvgIpc) is 2.70. The highest BCUT2D eigenvalue weighted by molar-refractivity contribution is 5.73. The fraction of sp³-hybridized carbons (Fsp3) is 0.357. The average molecular weight is 260 g/mol. The van der Waals surface area contributed by atoms with Gasteiger partial charge in [0, 0.05) is 6.54 Å². The Morgan fingerprint density at radius 3 is 2.53 bits per heavy atom. The first-order valence-electron chi connectivity index (χ1n) is 6.49. The number of anilines is 1. The number of carbonyl (C=O) groups is 1. The van der Waals surface area contributed by atoms with Crippen molar-refractivity contribution in [2.75, 3.05) is 12.0 Å². The second-order valence-electron chi connectivity index (χ2n) is 4.64. The highest BCUT2D eigenvalue weighted by Crippen LogP contribution is 2.19. The van der Waals surface area contributed by atoms with Gasteiger partial charge in [0.2, 0.25) is 0 Å². The molecule has 0 saturated carbocycles. The molecule has 102 valence electrons. The molecule has 0 saturated heterocycles. The number of aryl methyl sites for hydroxylation is 1. The number of nitrogens with zero attached hydrogens (tertiary/aromatic N) is 2. The molecule has 1 aliphatic rings. The van der Waals surface area contributed by atoms with Crippen molar-refractivity contribution in [1.82, 2.24) is 15.7 Å². The minimum absolute atomic E-state index is 0.591. The SMILES string of the molecule is CCCN1C(C)=C(C=O)NN1Nc1ccc(C)cc1. The quantitative estimate of drug-likeness (QED) is 0.795. The van der Waals surface area contributed by atoms with Gasteiger partial charge in [-0.3, -0.25) is 20.7 Å². The second kappa shape index (κ2) is 5.75. The summed E-state index contributed by atoms with van der Waals surface area (Å²) < 4.78 is 0. The number of hydrogen-bond donors (Lipinski definition) is 2. The lowest BCUT2D eigenvalue weighted by molar-refractivity contribution is -0.105. The molecule has 2 N–H and O–H groups in total. The third-order valence-electron chi connectivity index (χ3n) is 3.08. The molecule has 0 aliphatic carbocycles. The molecule has 2 rings (SSSR count). The van der Waals surface area contributed by atoms with Gasteiger partial charge in [-0.2, -0.15) is 0 Å². The zero-order valence-corrected chi connectivity index (χ0v) is 11.6. The summed E-state index contributed by atoms with van der Waals surface area (Å²) >= 11 is 0. The zero-order valence-electron chi connectivity index (χ0n) is 11.6. The molecule has 1 aromatic rings. The van der Waals surface area contributed by atoms with E-state index in [9.17, 15) is 4.79 Å². The fourth-order valence-electron chi connectivity index (χ4n) is 1.97. The van der Waals surface area contributed by atoms with Gasteiger partial charge in [-0.15, -0.1) is 0 Å². The van der Waals surface area contributed by atoms with Gasteiger partial charge in [-0.05, 0) is 37.6 Å². The lowest BCUT2D eigenvalue weighted by Gasteiger charge is -2.30. The molecule has 19 heavy (non-hydrogen) atoms. The number of allylic oxidation sites excluding steroid dienone is 2. The summed E-state index contributed by atoms with van der Waals surface area (Å²) in [5.74, 6) is 0. The maximum Gasteiger partial charge on any atom is 0.169 e. The summed E-state index contributed by atoms with van der Waals surface area (Å²) in [6.45, 7) is 6.94. The number of nitrogens with one attached hydrogen (secondary N) is 2. The topological polar surface area (TPSA) is 47.6 Å². The first kappa shape index (κ1) is 13.4. The number of aldehydes is 1. The van der Waals surface area contributed by atoms with E-state index in [0.717, 1.165) is 30.6 Å². The van der Waals surface area contributed by atoms with Crippen LogP contribution in [0.4, 0.5) is 5.69 Å². The number of hydrazine groups is 3. The monoisotopic (exact) mass is 260 g/mol. The third kappa shape index (κ3) is 2.88. The maximum atomic E-state index is 11.0. The molecule has 5 heteroatoms. The van der Waals surface area contributed by atoms with Gasteiger partial charge in [0.1, 0.15) is 5.70 Å². The van der Waals surface area contributed by atoms with Crippen LogP contribution in [0.25, 0.3) is 0 Å². The standard InChI is InChI=1S/C14H20N4O/c1-4-9-17-12(3)14(10-19)16-18(17)15-13-7-5-11(2)6-8-13/h5-8,10,15-16H,4,9H2,1-3H3. The molecular formula is C14H20N4O. The third-order valence-corrected chi connectivity index (χ3v) is 3.08. The molecule has 5 nitrogen and oxygen atoms in total. The minimum Gasteiger partial charge on any atom is -0.296 e. The van der Waals surface area contributed by atoms with E-state index < -0.39 is 0 Å². The summed E-state index contributed by atoms with van der Waals surface area (Å²) in [5, 5.41) is 3.77. The van der Waals surface area contributed by atoms with Crippen molar-refractivity contribution in [1.29, 1.82) is 0 Å². The van der Waals surface area contributed by atoms with Crippen LogP contribution < -0.4 is 10.9 Å². The first-order valence-corrected chi connectivity index (χ1v) is 6.49. The van der Waals surface area contributed by atoms with Gasteiger partial charge < -0.3 is 0 Å². The Balaban J connectivity index is 2.12. The molecule has 0 spiro atoms. The van der Waals surface area contributed by atoms with Crippen LogP contribution in [-0.4, -0.2) is 23.1 Å². The van der Waals surface area contributed by atoms with Gasteiger partial charge in [0.05, 0.1) is 11.4 Å². The largest absolute Gasteiger partial charge is 0.296 e. The number of hydrogen-bond acceptors (Lipinski definition) is 5. The molecular weight excluding hydrogens is 240 g/mol. The summed E-state index contributed by atoms with van der Waals surface area (Å²) in [6.07, 6.45) is 1.84. The van der Waals surface area contributed by atoms with Crippen molar-refractivity contribution in [2.45, 2.75) is 27.2 Å². The van der Waals surface area contributed by atoms with Gasteiger partial charge in [0.25, 0.3) is 0 Å². The van der Waals surface area contributed by atoms with E-state index in [1.54, 1.807) is 5.23 Å². The molecule has 0 bridgehead atoms. The maximum absolute atomic E-state index is 11.0. The molecule has 1 aromatic carbocycles. The fourth-order valence-corrected chi connectivity index (χ4v) is 1.97. The predicted molar refractivity (Wildman–Crippen MR) is 75.5 cm³/mol. The molecule has 0 amide bonds. The van der Waals surface area contributed by atoms with Gasteiger partial charge in [0.15, 0.2) is 6.29 Å². The van der Waals surface area contributed by atoms with Crippen molar-refractivity contribution < 1.29 is 4.79 Å². The lowest BCUT2D eigenvalue weighted by atomic mass is 10.2.